The number of esters is 1. The van der Waals surface area contributed by atoms with Gasteiger partial charge in [0.05, 0.1) is 6.61 Å². The van der Waals surface area contributed by atoms with Crippen LogP contribution in [0.2, 0.25) is 0 Å². The molecule has 3 unspecified atom stereocenters. The van der Waals surface area contributed by atoms with Gasteiger partial charge in [-0.15, -0.1) is 0 Å². The molecule has 2 rings (SSSR count). The van der Waals surface area contributed by atoms with Crippen LogP contribution in [0.25, 0.3) is 0 Å². The Labute approximate surface area is 122 Å². The summed E-state index contributed by atoms with van der Waals surface area (Å²) in [5, 5.41) is 0. The zero-order chi connectivity index (χ0) is 14.6. The Morgan fingerprint density at radius 2 is 2.15 bits per heavy atom. The van der Waals surface area contributed by atoms with Gasteiger partial charge in [-0.25, -0.2) is 0 Å². The Hall–Kier alpha value is -0.860. The summed E-state index contributed by atoms with van der Waals surface area (Å²) in [5.74, 6) is 1.44. The summed E-state index contributed by atoms with van der Waals surface area (Å²) in [6.45, 7) is 4.65. The van der Waals surface area contributed by atoms with E-state index in [9.17, 15) is 9.59 Å². The first-order chi connectivity index (χ1) is 9.58. The molecule has 0 spiro atoms. The van der Waals surface area contributed by atoms with Crippen molar-refractivity contribution in [3.05, 3.63) is 0 Å². The zero-order valence-electron chi connectivity index (χ0n) is 13.0. The summed E-state index contributed by atoms with van der Waals surface area (Å²) in [6, 6.07) is 0. The molecule has 0 N–H and O–H groups in total. The fourth-order valence-corrected chi connectivity index (χ4v) is 4.40. The quantitative estimate of drug-likeness (QED) is 0.547. The third kappa shape index (κ3) is 3.24. The topological polar surface area (TPSA) is 43.4 Å². The molecule has 3 heteroatoms. The minimum absolute atomic E-state index is 0.0733. The average Bonchev–Trinajstić information content (AvgIpc) is 2.73. The molecular weight excluding hydrogens is 252 g/mol. The summed E-state index contributed by atoms with van der Waals surface area (Å²) in [7, 11) is 0. The van der Waals surface area contributed by atoms with Crippen LogP contribution in [0.1, 0.15) is 71.6 Å². The first-order valence-electron chi connectivity index (χ1n) is 8.26. The average molecular weight is 280 g/mol. The molecule has 20 heavy (non-hydrogen) atoms. The third-order valence-corrected chi connectivity index (χ3v) is 5.55. The Morgan fingerprint density at radius 1 is 1.35 bits per heavy atom. The van der Waals surface area contributed by atoms with E-state index in [0.717, 1.165) is 32.1 Å². The highest BCUT2D eigenvalue weighted by Crippen LogP contribution is 2.55. The number of carbonyl (C=O) groups is 2. The largest absolute Gasteiger partial charge is 0.466 e. The first kappa shape index (κ1) is 15.5. The van der Waals surface area contributed by atoms with Crippen molar-refractivity contribution in [3.63, 3.8) is 0 Å². The molecule has 0 bridgehead atoms. The lowest BCUT2D eigenvalue weighted by Crippen LogP contribution is -2.37. The van der Waals surface area contributed by atoms with Crippen LogP contribution in [0.4, 0.5) is 0 Å². The van der Waals surface area contributed by atoms with Crippen molar-refractivity contribution < 1.29 is 14.3 Å². The lowest BCUT2D eigenvalue weighted by molar-refractivity contribution is -0.143. The van der Waals surface area contributed by atoms with Gasteiger partial charge in [0.2, 0.25) is 0 Å². The van der Waals surface area contributed by atoms with Gasteiger partial charge in [-0.2, -0.15) is 0 Å². The second-order valence-corrected chi connectivity index (χ2v) is 6.70. The van der Waals surface area contributed by atoms with E-state index in [1.807, 2.05) is 6.92 Å². The highest BCUT2D eigenvalue weighted by atomic mass is 16.5. The van der Waals surface area contributed by atoms with E-state index in [0.29, 0.717) is 30.6 Å². The fraction of sp³-hybridized carbons (Fsp3) is 0.882. The van der Waals surface area contributed by atoms with E-state index >= 15 is 0 Å². The van der Waals surface area contributed by atoms with E-state index in [2.05, 4.69) is 6.92 Å². The van der Waals surface area contributed by atoms with Crippen LogP contribution in [0.5, 0.6) is 0 Å². The number of ketones is 1. The van der Waals surface area contributed by atoms with Crippen LogP contribution in [-0.4, -0.2) is 18.4 Å². The number of fused-ring (bicyclic) bond motifs is 1. The van der Waals surface area contributed by atoms with Crippen LogP contribution >= 0.6 is 0 Å². The summed E-state index contributed by atoms with van der Waals surface area (Å²) in [5.41, 5.74) is 0.249. The summed E-state index contributed by atoms with van der Waals surface area (Å²) >= 11 is 0. The zero-order valence-corrected chi connectivity index (χ0v) is 13.0. The molecule has 2 saturated carbocycles. The van der Waals surface area contributed by atoms with Crippen LogP contribution in [0.15, 0.2) is 0 Å². The van der Waals surface area contributed by atoms with E-state index in [1.165, 1.54) is 19.3 Å². The van der Waals surface area contributed by atoms with Crippen LogP contribution in [0, 0.1) is 17.3 Å². The second kappa shape index (κ2) is 6.73. The molecule has 114 valence electrons. The monoisotopic (exact) mass is 280 g/mol. The number of ether oxygens (including phenoxy) is 1. The number of hydrogen-bond acceptors (Lipinski definition) is 3. The fourth-order valence-electron chi connectivity index (χ4n) is 4.40. The van der Waals surface area contributed by atoms with Crippen molar-refractivity contribution in [2.24, 2.45) is 17.3 Å². The lowest BCUT2D eigenvalue weighted by atomic mass is 9.64. The van der Waals surface area contributed by atoms with Crippen molar-refractivity contribution in [1.29, 1.82) is 0 Å². The van der Waals surface area contributed by atoms with E-state index < -0.39 is 0 Å². The van der Waals surface area contributed by atoms with Crippen LogP contribution in [-0.2, 0) is 14.3 Å². The standard InChI is InChI=1S/C17H28O3/c1-3-20-16(19)9-5-4-7-13-10-11-14-15(18)8-6-12-17(13,14)2/h13-14H,3-12H2,1-2H3. The molecule has 0 aliphatic heterocycles. The number of rotatable bonds is 6. The molecular formula is C17H28O3. The number of hydrogen-bond donors (Lipinski definition) is 0. The lowest BCUT2D eigenvalue weighted by Gasteiger charge is -2.40. The second-order valence-electron chi connectivity index (χ2n) is 6.70. The van der Waals surface area contributed by atoms with Crippen molar-refractivity contribution >= 4 is 11.8 Å². The molecule has 2 fully saturated rings. The summed E-state index contributed by atoms with van der Waals surface area (Å²) in [6.07, 6.45) is 9.10. The van der Waals surface area contributed by atoms with Crippen LogP contribution < -0.4 is 0 Å². The highest BCUT2D eigenvalue weighted by molar-refractivity contribution is 5.83. The predicted molar refractivity (Wildman–Crippen MR) is 78.3 cm³/mol. The molecule has 2 aliphatic carbocycles. The van der Waals surface area contributed by atoms with Gasteiger partial charge in [0.25, 0.3) is 0 Å². The maximum atomic E-state index is 12.1. The predicted octanol–water partition coefficient (Wildman–Crippen LogP) is 3.90. The van der Waals surface area contributed by atoms with Gasteiger partial charge >= 0.3 is 5.97 Å². The molecule has 0 aromatic heterocycles. The Balaban J connectivity index is 1.76. The first-order valence-corrected chi connectivity index (χ1v) is 8.26. The van der Waals surface area contributed by atoms with Crippen molar-refractivity contribution in [3.8, 4) is 0 Å². The maximum Gasteiger partial charge on any atom is 0.305 e. The number of unbranched alkanes of at least 4 members (excludes halogenated alkanes) is 1. The van der Waals surface area contributed by atoms with Crippen molar-refractivity contribution in [1.82, 2.24) is 0 Å². The smallest absolute Gasteiger partial charge is 0.305 e. The van der Waals surface area contributed by atoms with Gasteiger partial charge in [0.1, 0.15) is 5.78 Å². The Bertz CT molecular complexity index is 363. The summed E-state index contributed by atoms with van der Waals surface area (Å²) in [4.78, 5) is 23.4. The van der Waals surface area contributed by atoms with Gasteiger partial charge in [-0.1, -0.05) is 13.3 Å². The Kier molecular flexibility index (Phi) is 5.22. The van der Waals surface area contributed by atoms with E-state index in [1.54, 1.807) is 0 Å². The molecule has 3 nitrogen and oxygen atoms in total. The SMILES string of the molecule is CCOC(=O)CCCCC1CCC2C(=O)CCCC12C. The minimum Gasteiger partial charge on any atom is -0.466 e. The van der Waals surface area contributed by atoms with Gasteiger partial charge < -0.3 is 4.74 Å². The van der Waals surface area contributed by atoms with Gasteiger partial charge in [-0.05, 0) is 56.8 Å². The summed E-state index contributed by atoms with van der Waals surface area (Å²) < 4.78 is 4.95. The molecule has 2 aliphatic rings. The molecule has 0 aromatic rings. The van der Waals surface area contributed by atoms with E-state index in [4.69, 9.17) is 4.74 Å². The minimum atomic E-state index is -0.0733. The van der Waals surface area contributed by atoms with Gasteiger partial charge in [0.15, 0.2) is 0 Å². The van der Waals surface area contributed by atoms with Crippen LogP contribution in [0.3, 0.4) is 0 Å². The van der Waals surface area contributed by atoms with Crippen molar-refractivity contribution in [2.45, 2.75) is 71.6 Å². The van der Waals surface area contributed by atoms with Gasteiger partial charge in [-0.3, -0.25) is 9.59 Å². The molecule has 0 aromatic carbocycles. The van der Waals surface area contributed by atoms with Gasteiger partial charge in [0, 0.05) is 18.8 Å². The molecule has 0 radical (unpaired) electrons. The maximum absolute atomic E-state index is 12.1. The number of Topliss-reactive ketones (excluding diaryl/α,β-unsaturated/α-hetero) is 1. The molecule has 3 atom stereocenters. The molecule has 0 saturated heterocycles. The van der Waals surface area contributed by atoms with E-state index in [-0.39, 0.29) is 11.4 Å². The third-order valence-electron chi connectivity index (χ3n) is 5.55. The Morgan fingerprint density at radius 3 is 2.90 bits per heavy atom. The van der Waals surface area contributed by atoms with Crippen molar-refractivity contribution in [2.75, 3.05) is 6.61 Å². The number of carbonyl (C=O) groups excluding carboxylic acids is 2. The normalized spacial score (nSPS) is 33.0. The molecule has 0 heterocycles. The molecule has 0 amide bonds. The highest BCUT2D eigenvalue weighted by Gasteiger charge is 2.50.